The number of terminal acetylenes is 1. The fourth-order valence-corrected chi connectivity index (χ4v) is 1.66. The van der Waals surface area contributed by atoms with E-state index in [1.165, 1.54) is 4.90 Å². The molecule has 1 saturated heterocycles. The third-order valence-corrected chi connectivity index (χ3v) is 2.65. The van der Waals surface area contributed by atoms with Crippen LogP contribution in [-0.4, -0.2) is 66.9 Å². The largest absolute Gasteiger partial charge is 0.465 e. The van der Waals surface area contributed by atoms with Crippen molar-refractivity contribution in [2.24, 2.45) is 0 Å². The summed E-state index contributed by atoms with van der Waals surface area (Å²) < 4.78 is 5.55. The van der Waals surface area contributed by atoms with E-state index in [1.807, 2.05) is 0 Å². The van der Waals surface area contributed by atoms with Crippen LogP contribution in [0.2, 0.25) is 0 Å². The van der Waals surface area contributed by atoms with E-state index in [-0.39, 0.29) is 6.10 Å². The third-order valence-electron chi connectivity index (χ3n) is 2.65. The van der Waals surface area contributed by atoms with Gasteiger partial charge in [0.05, 0.1) is 19.3 Å². The molecular weight excluding hydrogens is 208 g/mol. The zero-order chi connectivity index (χ0) is 12.0. The van der Waals surface area contributed by atoms with Gasteiger partial charge in [-0.3, -0.25) is 4.90 Å². The highest BCUT2D eigenvalue weighted by Gasteiger charge is 2.20. The maximum absolute atomic E-state index is 10.6. The predicted octanol–water partition coefficient (Wildman–Crippen LogP) is 0.320. The summed E-state index contributed by atoms with van der Waals surface area (Å²) in [6.07, 6.45) is 5.14. The fraction of sp³-hybridized carbons (Fsp3) is 0.727. The summed E-state index contributed by atoms with van der Waals surface area (Å²) in [6.45, 7) is 3.44. The van der Waals surface area contributed by atoms with Gasteiger partial charge in [-0.2, -0.15) is 0 Å². The lowest BCUT2D eigenvalue weighted by atomic mass is 10.2. The van der Waals surface area contributed by atoms with Crippen LogP contribution in [0.3, 0.4) is 0 Å². The van der Waals surface area contributed by atoms with E-state index in [9.17, 15) is 4.79 Å². The Labute approximate surface area is 96.0 Å². The molecule has 1 aliphatic heterocycles. The molecule has 0 aromatic rings. The summed E-state index contributed by atoms with van der Waals surface area (Å²) in [5.41, 5.74) is 0. The van der Waals surface area contributed by atoms with Crippen molar-refractivity contribution in [2.75, 3.05) is 39.8 Å². The molecular formula is C11H18N2O3. The van der Waals surface area contributed by atoms with Crippen LogP contribution in [0.5, 0.6) is 0 Å². The second-order valence-corrected chi connectivity index (χ2v) is 3.92. The molecule has 16 heavy (non-hydrogen) atoms. The molecule has 0 saturated carbocycles. The van der Waals surface area contributed by atoms with Crippen molar-refractivity contribution in [1.82, 2.24) is 9.80 Å². The molecule has 5 heteroatoms. The molecule has 1 heterocycles. The molecule has 1 amide bonds. The lowest BCUT2D eigenvalue weighted by Crippen LogP contribution is -2.43. The van der Waals surface area contributed by atoms with Gasteiger partial charge in [0.2, 0.25) is 0 Å². The molecule has 0 aromatic heterocycles. The molecule has 0 aromatic carbocycles. The highest BCUT2D eigenvalue weighted by molar-refractivity contribution is 5.64. The molecule has 1 N–H and O–H groups in total. The Morgan fingerprint density at radius 1 is 1.75 bits per heavy atom. The highest BCUT2D eigenvalue weighted by atomic mass is 16.5. The SMILES string of the molecule is C#CCN1CCO[C@@H](CCN(C)C(=O)O)C1. The molecule has 5 nitrogen and oxygen atoms in total. The van der Waals surface area contributed by atoms with Crippen LogP contribution < -0.4 is 0 Å². The van der Waals surface area contributed by atoms with E-state index in [0.717, 1.165) is 13.1 Å². The number of morpholine rings is 1. The number of nitrogens with zero attached hydrogens (tertiary/aromatic N) is 2. The lowest BCUT2D eigenvalue weighted by Gasteiger charge is -2.32. The normalized spacial score (nSPS) is 21.4. The Hall–Kier alpha value is -1.25. The fourth-order valence-electron chi connectivity index (χ4n) is 1.66. The van der Waals surface area contributed by atoms with Crippen molar-refractivity contribution < 1.29 is 14.6 Å². The van der Waals surface area contributed by atoms with Crippen LogP contribution in [0.4, 0.5) is 4.79 Å². The van der Waals surface area contributed by atoms with E-state index >= 15 is 0 Å². The average molecular weight is 226 g/mol. The van der Waals surface area contributed by atoms with Gasteiger partial charge in [-0.25, -0.2) is 4.79 Å². The summed E-state index contributed by atoms with van der Waals surface area (Å²) in [7, 11) is 1.56. The average Bonchev–Trinajstić information content (AvgIpc) is 2.26. The lowest BCUT2D eigenvalue weighted by molar-refractivity contribution is -0.0299. The number of amides is 1. The third kappa shape index (κ3) is 4.09. The van der Waals surface area contributed by atoms with Crippen molar-refractivity contribution in [3.63, 3.8) is 0 Å². The van der Waals surface area contributed by atoms with Crippen molar-refractivity contribution in [3.8, 4) is 12.3 Å². The number of rotatable bonds is 4. The minimum Gasteiger partial charge on any atom is -0.465 e. The van der Waals surface area contributed by atoms with E-state index in [0.29, 0.717) is 26.1 Å². The van der Waals surface area contributed by atoms with Gasteiger partial charge in [0.1, 0.15) is 0 Å². The van der Waals surface area contributed by atoms with E-state index < -0.39 is 6.09 Å². The Kier molecular flexibility index (Phi) is 5.09. The second-order valence-electron chi connectivity index (χ2n) is 3.92. The van der Waals surface area contributed by atoms with Gasteiger partial charge in [0.25, 0.3) is 0 Å². The first kappa shape index (κ1) is 12.8. The molecule has 0 unspecified atom stereocenters. The van der Waals surface area contributed by atoms with Gasteiger partial charge in [0, 0.05) is 26.7 Å². The number of carboxylic acid groups (broad SMARTS) is 1. The van der Waals surface area contributed by atoms with Crippen LogP contribution in [0.25, 0.3) is 0 Å². The minimum absolute atomic E-state index is 0.0869. The summed E-state index contributed by atoms with van der Waals surface area (Å²) in [5, 5.41) is 8.70. The zero-order valence-corrected chi connectivity index (χ0v) is 9.56. The van der Waals surface area contributed by atoms with E-state index in [1.54, 1.807) is 7.05 Å². The molecule has 1 aliphatic rings. The van der Waals surface area contributed by atoms with Gasteiger partial charge in [-0.05, 0) is 6.42 Å². The zero-order valence-electron chi connectivity index (χ0n) is 9.56. The summed E-state index contributed by atoms with van der Waals surface area (Å²) in [5.74, 6) is 2.61. The van der Waals surface area contributed by atoms with E-state index in [4.69, 9.17) is 16.3 Å². The molecule has 1 fully saturated rings. The van der Waals surface area contributed by atoms with Gasteiger partial charge in [-0.15, -0.1) is 6.42 Å². The minimum atomic E-state index is -0.906. The van der Waals surface area contributed by atoms with Gasteiger partial charge in [-0.1, -0.05) is 5.92 Å². The van der Waals surface area contributed by atoms with Crippen LogP contribution in [0, 0.1) is 12.3 Å². The van der Waals surface area contributed by atoms with Gasteiger partial charge in [0.15, 0.2) is 0 Å². The summed E-state index contributed by atoms with van der Waals surface area (Å²) in [6, 6.07) is 0. The predicted molar refractivity (Wildman–Crippen MR) is 60.3 cm³/mol. The molecule has 1 atom stereocenters. The Balaban J connectivity index is 2.27. The van der Waals surface area contributed by atoms with Gasteiger partial charge >= 0.3 is 6.09 Å². The Morgan fingerprint density at radius 3 is 3.12 bits per heavy atom. The number of ether oxygens (including phenoxy) is 1. The van der Waals surface area contributed by atoms with Crippen molar-refractivity contribution in [2.45, 2.75) is 12.5 Å². The van der Waals surface area contributed by atoms with Crippen molar-refractivity contribution in [1.29, 1.82) is 0 Å². The smallest absolute Gasteiger partial charge is 0.407 e. The number of hydrogen-bond donors (Lipinski definition) is 1. The quantitative estimate of drug-likeness (QED) is 0.701. The second kappa shape index (κ2) is 6.36. The Bertz CT molecular complexity index is 275. The topological polar surface area (TPSA) is 53.0 Å². The number of carbonyl (C=O) groups is 1. The monoisotopic (exact) mass is 226 g/mol. The first-order chi connectivity index (χ1) is 7.63. The van der Waals surface area contributed by atoms with E-state index in [2.05, 4.69) is 10.8 Å². The van der Waals surface area contributed by atoms with Crippen molar-refractivity contribution >= 4 is 6.09 Å². The molecule has 0 spiro atoms. The molecule has 90 valence electrons. The molecule has 0 bridgehead atoms. The van der Waals surface area contributed by atoms with Crippen LogP contribution >= 0.6 is 0 Å². The first-order valence-corrected chi connectivity index (χ1v) is 5.35. The van der Waals surface area contributed by atoms with Crippen LogP contribution in [-0.2, 0) is 4.74 Å². The molecule has 0 radical (unpaired) electrons. The van der Waals surface area contributed by atoms with Crippen LogP contribution in [0.15, 0.2) is 0 Å². The highest BCUT2D eigenvalue weighted by Crippen LogP contribution is 2.08. The maximum Gasteiger partial charge on any atom is 0.407 e. The standard InChI is InChI=1S/C11H18N2O3/c1-3-5-13-7-8-16-10(9-13)4-6-12(2)11(14)15/h1,10H,4-9H2,2H3,(H,14,15)/t10-/m0/s1. The van der Waals surface area contributed by atoms with Crippen molar-refractivity contribution in [3.05, 3.63) is 0 Å². The Morgan fingerprint density at radius 2 is 2.50 bits per heavy atom. The summed E-state index contributed by atoms with van der Waals surface area (Å²) >= 11 is 0. The summed E-state index contributed by atoms with van der Waals surface area (Å²) in [4.78, 5) is 14.0. The molecule has 0 aliphatic carbocycles. The molecule has 1 rings (SSSR count). The van der Waals surface area contributed by atoms with Gasteiger partial charge < -0.3 is 14.7 Å². The maximum atomic E-state index is 10.6. The first-order valence-electron chi connectivity index (χ1n) is 5.35. The number of hydrogen-bond acceptors (Lipinski definition) is 3. The van der Waals surface area contributed by atoms with Crippen LogP contribution in [0.1, 0.15) is 6.42 Å².